The van der Waals surface area contributed by atoms with Crippen LogP contribution >= 0.6 is 11.3 Å². The average molecular weight is 247 g/mol. The lowest BCUT2D eigenvalue weighted by Crippen LogP contribution is -2.04. The largest absolute Gasteiger partial charge is 0.362 e. The zero-order valence-electron chi connectivity index (χ0n) is 9.03. The van der Waals surface area contributed by atoms with Gasteiger partial charge in [-0.05, 0) is 29.5 Å². The Kier molecular flexibility index (Phi) is 2.41. The van der Waals surface area contributed by atoms with Crippen molar-refractivity contribution in [1.29, 1.82) is 0 Å². The predicted octanol–water partition coefficient (Wildman–Crippen LogP) is 0.896. The van der Waals surface area contributed by atoms with Crippen LogP contribution in [-0.2, 0) is 6.54 Å². The van der Waals surface area contributed by atoms with Crippen LogP contribution in [0.2, 0.25) is 0 Å². The van der Waals surface area contributed by atoms with Crippen LogP contribution in [0.15, 0.2) is 17.5 Å². The number of aryl methyl sites for hydroxylation is 1. The SMILES string of the molecule is Cc1csc(CNc2ccc3nnnn3n2)n1. The molecule has 0 unspecified atom stereocenters. The molecular weight excluding hydrogens is 238 g/mol. The Bertz CT molecular complexity index is 643. The maximum atomic E-state index is 4.36. The number of hydrogen-bond acceptors (Lipinski definition) is 7. The monoisotopic (exact) mass is 247 g/mol. The van der Waals surface area contributed by atoms with Crippen LogP contribution in [0.4, 0.5) is 5.82 Å². The number of tetrazole rings is 1. The standard InChI is InChI=1S/C9H9N7S/c1-6-5-17-9(11-6)4-10-7-2-3-8-12-14-15-16(8)13-7/h2-3,5H,4H2,1H3,(H,10,13). The van der Waals surface area contributed by atoms with Gasteiger partial charge in [-0.3, -0.25) is 0 Å². The normalized spacial score (nSPS) is 10.9. The average Bonchev–Trinajstić information content (AvgIpc) is 2.94. The molecule has 0 saturated carbocycles. The Labute approximate surface area is 100 Å². The first-order chi connectivity index (χ1) is 8.31. The Balaban J connectivity index is 1.76. The van der Waals surface area contributed by atoms with E-state index in [1.807, 2.05) is 24.4 Å². The third-order valence-corrected chi connectivity index (χ3v) is 3.12. The molecule has 0 aliphatic heterocycles. The molecule has 3 aromatic rings. The minimum atomic E-state index is 0.626. The van der Waals surface area contributed by atoms with Crippen LogP contribution in [-0.4, -0.2) is 30.2 Å². The zero-order chi connectivity index (χ0) is 11.7. The Morgan fingerprint density at radius 1 is 1.41 bits per heavy atom. The van der Waals surface area contributed by atoms with E-state index in [9.17, 15) is 0 Å². The molecule has 0 aromatic carbocycles. The van der Waals surface area contributed by atoms with E-state index in [0.717, 1.165) is 16.5 Å². The summed E-state index contributed by atoms with van der Waals surface area (Å²) in [5.41, 5.74) is 1.66. The molecule has 0 radical (unpaired) electrons. The molecule has 0 spiro atoms. The maximum absolute atomic E-state index is 4.36. The van der Waals surface area contributed by atoms with Gasteiger partial charge in [0, 0.05) is 11.1 Å². The first-order valence-corrected chi connectivity index (χ1v) is 5.89. The number of thiazole rings is 1. The van der Waals surface area contributed by atoms with Crippen molar-refractivity contribution in [3.63, 3.8) is 0 Å². The highest BCUT2D eigenvalue weighted by Gasteiger charge is 2.02. The Morgan fingerprint density at radius 3 is 3.18 bits per heavy atom. The number of aromatic nitrogens is 6. The van der Waals surface area contributed by atoms with Crippen molar-refractivity contribution in [3.8, 4) is 0 Å². The smallest absolute Gasteiger partial charge is 0.200 e. The topological polar surface area (TPSA) is 80.9 Å². The molecule has 3 rings (SSSR count). The predicted molar refractivity (Wildman–Crippen MR) is 62.8 cm³/mol. The summed E-state index contributed by atoms with van der Waals surface area (Å²) in [7, 11) is 0. The van der Waals surface area contributed by atoms with Crippen molar-refractivity contribution in [3.05, 3.63) is 28.2 Å². The van der Waals surface area contributed by atoms with Gasteiger partial charge in [0.15, 0.2) is 5.65 Å². The molecule has 86 valence electrons. The van der Waals surface area contributed by atoms with Gasteiger partial charge in [0.05, 0.1) is 6.54 Å². The molecule has 17 heavy (non-hydrogen) atoms. The Morgan fingerprint density at radius 2 is 2.35 bits per heavy atom. The van der Waals surface area contributed by atoms with Crippen LogP contribution in [0.3, 0.4) is 0 Å². The highest BCUT2D eigenvalue weighted by atomic mass is 32.1. The van der Waals surface area contributed by atoms with Crippen molar-refractivity contribution < 1.29 is 0 Å². The van der Waals surface area contributed by atoms with E-state index >= 15 is 0 Å². The van der Waals surface area contributed by atoms with Crippen LogP contribution in [0.1, 0.15) is 10.7 Å². The molecule has 1 N–H and O–H groups in total. The van der Waals surface area contributed by atoms with Crippen LogP contribution in [0.5, 0.6) is 0 Å². The van der Waals surface area contributed by atoms with Crippen molar-refractivity contribution in [2.75, 3.05) is 5.32 Å². The van der Waals surface area contributed by atoms with E-state index in [2.05, 4.69) is 30.9 Å². The second-order valence-corrected chi connectivity index (χ2v) is 4.42. The molecule has 3 aromatic heterocycles. The summed E-state index contributed by atoms with van der Waals surface area (Å²) in [4.78, 5) is 4.36. The number of nitrogens with one attached hydrogen (secondary N) is 1. The minimum Gasteiger partial charge on any atom is -0.362 e. The van der Waals surface area contributed by atoms with E-state index in [-0.39, 0.29) is 0 Å². The fourth-order valence-corrected chi connectivity index (χ4v) is 2.11. The van der Waals surface area contributed by atoms with Crippen LogP contribution < -0.4 is 5.32 Å². The third kappa shape index (κ3) is 2.07. The van der Waals surface area contributed by atoms with Crippen molar-refractivity contribution in [2.24, 2.45) is 0 Å². The number of nitrogens with zero attached hydrogens (tertiary/aromatic N) is 6. The van der Waals surface area contributed by atoms with Gasteiger partial charge in [-0.25, -0.2) is 4.98 Å². The molecule has 0 aliphatic carbocycles. The lowest BCUT2D eigenvalue weighted by Gasteiger charge is -2.01. The zero-order valence-corrected chi connectivity index (χ0v) is 9.85. The molecule has 3 heterocycles. The van der Waals surface area contributed by atoms with Gasteiger partial charge in [-0.2, -0.15) is 0 Å². The van der Waals surface area contributed by atoms with Crippen LogP contribution in [0, 0.1) is 6.92 Å². The molecule has 0 amide bonds. The number of hydrogen-bond donors (Lipinski definition) is 1. The number of anilines is 1. The Hall–Kier alpha value is -2.09. The molecule has 0 bridgehead atoms. The first-order valence-electron chi connectivity index (χ1n) is 5.01. The van der Waals surface area contributed by atoms with E-state index in [1.165, 1.54) is 4.63 Å². The van der Waals surface area contributed by atoms with Gasteiger partial charge in [0.2, 0.25) is 0 Å². The second-order valence-electron chi connectivity index (χ2n) is 3.48. The molecule has 8 heteroatoms. The van der Waals surface area contributed by atoms with Crippen molar-refractivity contribution >= 4 is 22.8 Å². The fraction of sp³-hybridized carbons (Fsp3) is 0.222. The number of fused-ring (bicyclic) bond motifs is 1. The van der Waals surface area contributed by atoms with Crippen molar-refractivity contribution in [1.82, 2.24) is 30.2 Å². The van der Waals surface area contributed by atoms with Gasteiger partial charge in [0.1, 0.15) is 10.8 Å². The van der Waals surface area contributed by atoms with Gasteiger partial charge in [-0.1, -0.05) is 0 Å². The maximum Gasteiger partial charge on any atom is 0.200 e. The highest BCUT2D eigenvalue weighted by molar-refractivity contribution is 7.09. The minimum absolute atomic E-state index is 0.626. The summed E-state index contributed by atoms with van der Waals surface area (Å²) in [6.07, 6.45) is 0. The van der Waals surface area contributed by atoms with Gasteiger partial charge in [0.25, 0.3) is 0 Å². The van der Waals surface area contributed by atoms with Gasteiger partial charge in [-0.15, -0.1) is 26.2 Å². The summed E-state index contributed by atoms with van der Waals surface area (Å²) in [5, 5.41) is 21.5. The third-order valence-electron chi connectivity index (χ3n) is 2.16. The summed E-state index contributed by atoms with van der Waals surface area (Å²) in [6.45, 7) is 2.63. The van der Waals surface area contributed by atoms with Gasteiger partial charge >= 0.3 is 0 Å². The van der Waals surface area contributed by atoms with E-state index in [1.54, 1.807) is 11.3 Å². The first kappa shape index (κ1) is 10.1. The molecule has 0 aliphatic rings. The van der Waals surface area contributed by atoms with E-state index < -0.39 is 0 Å². The second kappa shape index (κ2) is 4.06. The fourth-order valence-electron chi connectivity index (χ4n) is 1.39. The summed E-state index contributed by atoms with van der Waals surface area (Å²) in [6, 6.07) is 3.65. The molecule has 7 nitrogen and oxygen atoms in total. The molecular formula is C9H9N7S. The van der Waals surface area contributed by atoms with E-state index in [4.69, 9.17) is 0 Å². The van der Waals surface area contributed by atoms with E-state index in [0.29, 0.717) is 12.2 Å². The number of rotatable bonds is 3. The summed E-state index contributed by atoms with van der Waals surface area (Å²) < 4.78 is 1.38. The quantitative estimate of drug-likeness (QED) is 0.740. The summed E-state index contributed by atoms with van der Waals surface area (Å²) >= 11 is 1.63. The summed E-state index contributed by atoms with van der Waals surface area (Å²) in [5.74, 6) is 0.720. The van der Waals surface area contributed by atoms with Crippen LogP contribution in [0.25, 0.3) is 5.65 Å². The lowest BCUT2D eigenvalue weighted by atomic mass is 10.5. The highest BCUT2D eigenvalue weighted by Crippen LogP contribution is 2.11. The van der Waals surface area contributed by atoms with Crippen molar-refractivity contribution in [2.45, 2.75) is 13.5 Å². The van der Waals surface area contributed by atoms with Gasteiger partial charge < -0.3 is 5.32 Å². The molecule has 0 saturated heterocycles. The molecule has 0 atom stereocenters. The molecule has 0 fully saturated rings. The lowest BCUT2D eigenvalue weighted by molar-refractivity contribution is 0.734.